The SMILES string of the molecule is CCOC(=O)C1COc2c(Cl)cccc21. The largest absolute Gasteiger partial charge is 0.490 e. The Morgan fingerprint density at radius 3 is 3.20 bits per heavy atom. The van der Waals surface area contributed by atoms with Crippen LogP contribution in [-0.2, 0) is 9.53 Å². The first kappa shape index (κ1) is 10.3. The second-order valence-corrected chi connectivity index (χ2v) is 3.68. The molecule has 3 nitrogen and oxygen atoms in total. The number of carbonyl (C=O) groups is 1. The minimum absolute atomic E-state index is 0.251. The predicted molar refractivity (Wildman–Crippen MR) is 56.3 cm³/mol. The van der Waals surface area contributed by atoms with E-state index in [4.69, 9.17) is 21.1 Å². The number of hydrogen-bond acceptors (Lipinski definition) is 3. The van der Waals surface area contributed by atoms with Gasteiger partial charge in [-0.3, -0.25) is 4.79 Å². The molecule has 1 unspecified atom stereocenters. The van der Waals surface area contributed by atoms with Gasteiger partial charge in [-0.15, -0.1) is 0 Å². The number of para-hydroxylation sites is 1. The minimum atomic E-state index is -0.335. The van der Waals surface area contributed by atoms with Crippen molar-refractivity contribution in [1.82, 2.24) is 0 Å². The normalized spacial score (nSPS) is 18.1. The van der Waals surface area contributed by atoms with Gasteiger partial charge in [0.15, 0.2) is 0 Å². The number of fused-ring (bicyclic) bond motifs is 1. The van der Waals surface area contributed by atoms with Crippen LogP contribution in [0.1, 0.15) is 18.4 Å². The molecule has 1 aliphatic rings. The van der Waals surface area contributed by atoms with Gasteiger partial charge >= 0.3 is 5.97 Å². The molecule has 1 aliphatic heterocycles. The van der Waals surface area contributed by atoms with Gasteiger partial charge in [-0.25, -0.2) is 0 Å². The van der Waals surface area contributed by atoms with E-state index in [-0.39, 0.29) is 11.9 Å². The average molecular weight is 227 g/mol. The molecule has 0 bridgehead atoms. The second-order valence-electron chi connectivity index (χ2n) is 3.27. The number of esters is 1. The summed E-state index contributed by atoms with van der Waals surface area (Å²) in [6, 6.07) is 5.39. The summed E-state index contributed by atoms with van der Waals surface area (Å²) in [5.74, 6) is 0.0226. The molecule has 0 aromatic heterocycles. The number of halogens is 1. The Morgan fingerprint density at radius 2 is 2.47 bits per heavy atom. The molecule has 0 aliphatic carbocycles. The monoisotopic (exact) mass is 226 g/mol. The highest BCUT2D eigenvalue weighted by Gasteiger charge is 2.32. The summed E-state index contributed by atoms with van der Waals surface area (Å²) in [6.45, 7) is 2.48. The van der Waals surface area contributed by atoms with Crippen molar-refractivity contribution in [3.63, 3.8) is 0 Å². The summed E-state index contributed by atoms with van der Waals surface area (Å²) >= 11 is 5.94. The first-order chi connectivity index (χ1) is 7.24. The molecule has 1 aromatic rings. The fourth-order valence-corrected chi connectivity index (χ4v) is 1.88. The zero-order chi connectivity index (χ0) is 10.8. The van der Waals surface area contributed by atoms with Crippen LogP contribution in [0.25, 0.3) is 0 Å². The Balaban J connectivity index is 2.29. The van der Waals surface area contributed by atoms with Crippen LogP contribution in [0.15, 0.2) is 18.2 Å². The van der Waals surface area contributed by atoms with Crippen LogP contribution in [0, 0.1) is 0 Å². The van der Waals surface area contributed by atoms with Gasteiger partial charge in [0.25, 0.3) is 0 Å². The van der Waals surface area contributed by atoms with Crippen LogP contribution < -0.4 is 4.74 Å². The first-order valence-electron chi connectivity index (χ1n) is 4.82. The maximum Gasteiger partial charge on any atom is 0.317 e. The zero-order valence-electron chi connectivity index (χ0n) is 8.33. The fourth-order valence-electron chi connectivity index (χ4n) is 1.65. The molecule has 0 N–H and O–H groups in total. The van der Waals surface area contributed by atoms with E-state index in [0.717, 1.165) is 5.56 Å². The molecule has 0 saturated carbocycles. The quantitative estimate of drug-likeness (QED) is 0.727. The Hall–Kier alpha value is -1.22. The lowest BCUT2D eigenvalue weighted by atomic mass is 10.0. The third-order valence-corrected chi connectivity index (χ3v) is 2.64. The highest BCUT2D eigenvalue weighted by atomic mass is 35.5. The molecule has 15 heavy (non-hydrogen) atoms. The summed E-state index contributed by atoms with van der Waals surface area (Å²) in [4.78, 5) is 11.6. The van der Waals surface area contributed by atoms with Gasteiger partial charge in [-0.1, -0.05) is 23.7 Å². The molecule has 2 rings (SSSR count). The van der Waals surface area contributed by atoms with E-state index in [2.05, 4.69) is 0 Å². The molecular weight excluding hydrogens is 216 g/mol. The van der Waals surface area contributed by atoms with Gasteiger partial charge in [0.05, 0.1) is 11.6 Å². The number of ether oxygens (including phenoxy) is 2. The maximum atomic E-state index is 11.6. The third kappa shape index (κ3) is 1.79. The van der Waals surface area contributed by atoms with Crippen LogP contribution in [0.5, 0.6) is 5.75 Å². The van der Waals surface area contributed by atoms with E-state index in [9.17, 15) is 4.79 Å². The van der Waals surface area contributed by atoms with Crippen molar-refractivity contribution in [1.29, 1.82) is 0 Å². The van der Waals surface area contributed by atoms with Crippen LogP contribution in [-0.4, -0.2) is 19.2 Å². The zero-order valence-corrected chi connectivity index (χ0v) is 9.08. The number of benzene rings is 1. The first-order valence-corrected chi connectivity index (χ1v) is 5.19. The van der Waals surface area contributed by atoms with Gasteiger partial charge < -0.3 is 9.47 Å². The lowest BCUT2D eigenvalue weighted by molar-refractivity contribution is -0.145. The molecule has 1 heterocycles. The van der Waals surface area contributed by atoms with Crippen LogP contribution in [0.3, 0.4) is 0 Å². The lowest BCUT2D eigenvalue weighted by Gasteiger charge is -2.07. The van der Waals surface area contributed by atoms with Crippen molar-refractivity contribution in [2.75, 3.05) is 13.2 Å². The molecular formula is C11H11ClO3. The molecule has 0 spiro atoms. The highest BCUT2D eigenvalue weighted by molar-refractivity contribution is 6.32. The number of hydrogen-bond donors (Lipinski definition) is 0. The van der Waals surface area contributed by atoms with Crippen LogP contribution in [0.4, 0.5) is 0 Å². The number of rotatable bonds is 2. The van der Waals surface area contributed by atoms with E-state index in [1.54, 1.807) is 13.0 Å². The van der Waals surface area contributed by atoms with Crippen molar-refractivity contribution >= 4 is 17.6 Å². The summed E-state index contributed by atoms with van der Waals surface area (Å²) in [6.07, 6.45) is 0. The second kappa shape index (κ2) is 4.11. The average Bonchev–Trinajstić information content (AvgIpc) is 2.63. The third-order valence-electron chi connectivity index (χ3n) is 2.34. The molecule has 0 radical (unpaired) electrons. The van der Waals surface area contributed by atoms with Gasteiger partial charge in [-0.2, -0.15) is 0 Å². The maximum absolute atomic E-state index is 11.6. The summed E-state index contributed by atoms with van der Waals surface area (Å²) in [7, 11) is 0. The smallest absolute Gasteiger partial charge is 0.317 e. The topological polar surface area (TPSA) is 35.5 Å². The summed E-state index contributed by atoms with van der Waals surface area (Å²) in [5, 5.41) is 0.541. The van der Waals surface area contributed by atoms with Gasteiger partial charge in [0.2, 0.25) is 0 Å². The van der Waals surface area contributed by atoms with Gasteiger partial charge in [0, 0.05) is 5.56 Å². The van der Waals surface area contributed by atoms with Gasteiger partial charge in [0.1, 0.15) is 18.3 Å². The Kier molecular flexibility index (Phi) is 2.82. The van der Waals surface area contributed by atoms with E-state index in [1.165, 1.54) is 0 Å². The Labute approximate surface area is 92.9 Å². The van der Waals surface area contributed by atoms with E-state index in [0.29, 0.717) is 24.0 Å². The molecule has 1 aromatic carbocycles. The fraction of sp³-hybridized carbons (Fsp3) is 0.364. The molecule has 0 saturated heterocycles. The van der Waals surface area contributed by atoms with Crippen molar-refractivity contribution < 1.29 is 14.3 Å². The van der Waals surface area contributed by atoms with Gasteiger partial charge in [-0.05, 0) is 13.0 Å². The molecule has 80 valence electrons. The van der Waals surface area contributed by atoms with Crippen molar-refractivity contribution in [3.8, 4) is 5.75 Å². The Bertz CT molecular complexity index is 389. The van der Waals surface area contributed by atoms with E-state index >= 15 is 0 Å². The molecule has 0 amide bonds. The van der Waals surface area contributed by atoms with E-state index in [1.807, 2.05) is 12.1 Å². The van der Waals surface area contributed by atoms with Crippen molar-refractivity contribution in [2.45, 2.75) is 12.8 Å². The van der Waals surface area contributed by atoms with Crippen molar-refractivity contribution in [2.24, 2.45) is 0 Å². The predicted octanol–water partition coefficient (Wildman–Crippen LogP) is 2.38. The molecule has 1 atom stereocenters. The summed E-state index contributed by atoms with van der Waals surface area (Å²) < 4.78 is 10.3. The number of carbonyl (C=O) groups excluding carboxylic acids is 1. The molecule has 4 heteroatoms. The van der Waals surface area contributed by atoms with Crippen LogP contribution in [0.2, 0.25) is 5.02 Å². The summed E-state index contributed by atoms with van der Waals surface area (Å²) in [5.41, 5.74) is 0.820. The van der Waals surface area contributed by atoms with Crippen LogP contribution >= 0.6 is 11.6 Å². The van der Waals surface area contributed by atoms with E-state index < -0.39 is 0 Å². The Morgan fingerprint density at radius 1 is 1.67 bits per heavy atom. The standard InChI is InChI=1S/C11H11ClO3/c1-2-14-11(13)8-6-15-10-7(8)4-3-5-9(10)12/h3-5,8H,2,6H2,1H3. The lowest BCUT2D eigenvalue weighted by Crippen LogP contribution is -2.16. The molecule has 0 fully saturated rings. The van der Waals surface area contributed by atoms with Crippen molar-refractivity contribution in [3.05, 3.63) is 28.8 Å². The highest BCUT2D eigenvalue weighted by Crippen LogP contribution is 2.39. The minimum Gasteiger partial charge on any atom is -0.490 e.